The molecule has 3 aromatic rings. The van der Waals surface area contributed by atoms with Crippen molar-refractivity contribution in [3.05, 3.63) is 77.0 Å². The molecule has 0 radical (unpaired) electrons. The molecule has 0 spiro atoms. The van der Waals surface area contributed by atoms with Gasteiger partial charge in [0.2, 0.25) is 5.91 Å². The van der Waals surface area contributed by atoms with Crippen LogP contribution < -0.4 is 14.7 Å². The van der Waals surface area contributed by atoms with Gasteiger partial charge in [0.15, 0.2) is 6.10 Å². The lowest BCUT2D eigenvalue weighted by Crippen LogP contribution is -2.37. The van der Waals surface area contributed by atoms with Gasteiger partial charge in [-0.05, 0) is 54.8 Å². The zero-order chi connectivity index (χ0) is 20.7. The van der Waals surface area contributed by atoms with Gasteiger partial charge < -0.3 is 4.74 Å². The molecule has 0 bridgehead atoms. The third-order valence-corrected chi connectivity index (χ3v) is 6.31. The van der Waals surface area contributed by atoms with Crippen LogP contribution in [0.25, 0.3) is 0 Å². The maximum absolute atomic E-state index is 13.5. The van der Waals surface area contributed by atoms with Gasteiger partial charge in [-0.1, -0.05) is 24.3 Å². The van der Waals surface area contributed by atoms with Gasteiger partial charge in [-0.2, -0.15) is 0 Å². The smallest absolute Gasteiger partial charge is 0.266 e. The molecule has 3 atom stereocenters. The first-order valence-electron chi connectivity index (χ1n) is 9.84. The number of hydroxylamine groups is 1. The fraction of sp³-hybridized carbons (Fsp3) is 0.217. The molecular weight excluding hydrogens is 400 g/mol. The Kier molecular flexibility index (Phi) is 4.77. The van der Waals surface area contributed by atoms with Gasteiger partial charge in [0.25, 0.3) is 5.91 Å². The van der Waals surface area contributed by atoms with Crippen LogP contribution in [0, 0.1) is 5.92 Å². The zero-order valence-electron chi connectivity index (χ0n) is 16.3. The van der Waals surface area contributed by atoms with E-state index in [1.54, 1.807) is 40.7 Å². The molecule has 0 saturated carbocycles. The topological polar surface area (TPSA) is 59.1 Å². The van der Waals surface area contributed by atoms with E-state index < -0.39 is 12.0 Å². The molecule has 1 aromatic heterocycles. The van der Waals surface area contributed by atoms with Gasteiger partial charge in [-0.25, -0.2) is 9.96 Å². The predicted molar refractivity (Wildman–Crippen MR) is 114 cm³/mol. The molecule has 7 heteroatoms. The van der Waals surface area contributed by atoms with Crippen molar-refractivity contribution >= 4 is 34.5 Å². The van der Waals surface area contributed by atoms with Crippen LogP contribution in [0.15, 0.2) is 72.1 Å². The number of rotatable bonds is 5. The van der Waals surface area contributed by atoms with E-state index in [9.17, 15) is 9.59 Å². The maximum atomic E-state index is 13.5. The minimum atomic E-state index is -0.851. The van der Waals surface area contributed by atoms with Crippen LogP contribution in [0.5, 0.6) is 5.75 Å². The number of hydrogen-bond acceptors (Lipinski definition) is 6. The number of thiophene rings is 1. The molecule has 152 valence electrons. The molecule has 0 aliphatic carbocycles. The summed E-state index contributed by atoms with van der Waals surface area (Å²) in [7, 11) is 0. The van der Waals surface area contributed by atoms with Crippen LogP contribution in [0.3, 0.4) is 0 Å². The molecule has 30 heavy (non-hydrogen) atoms. The number of benzene rings is 2. The minimum Gasteiger partial charge on any atom is -0.494 e. The van der Waals surface area contributed by atoms with Crippen molar-refractivity contribution in [2.75, 3.05) is 16.6 Å². The molecule has 2 amide bonds. The van der Waals surface area contributed by atoms with E-state index in [-0.39, 0.29) is 17.9 Å². The first kappa shape index (κ1) is 18.8. The number of nitrogens with zero attached hydrogens (tertiary/aromatic N) is 2. The van der Waals surface area contributed by atoms with Crippen molar-refractivity contribution in [2.24, 2.45) is 5.92 Å². The highest BCUT2D eigenvalue weighted by Gasteiger charge is 2.60. The van der Waals surface area contributed by atoms with Crippen LogP contribution in [-0.2, 0) is 14.4 Å². The van der Waals surface area contributed by atoms with Crippen LogP contribution in [0.2, 0.25) is 0 Å². The van der Waals surface area contributed by atoms with Crippen molar-refractivity contribution in [3.8, 4) is 5.75 Å². The summed E-state index contributed by atoms with van der Waals surface area (Å²) in [6, 6.07) is 20.1. The van der Waals surface area contributed by atoms with E-state index in [4.69, 9.17) is 9.57 Å². The van der Waals surface area contributed by atoms with Crippen molar-refractivity contribution in [2.45, 2.75) is 19.1 Å². The normalized spacial score (nSPS) is 23.2. The van der Waals surface area contributed by atoms with Gasteiger partial charge in [0.1, 0.15) is 17.7 Å². The number of imide groups is 1. The second kappa shape index (κ2) is 7.59. The zero-order valence-corrected chi connectivity index (χ0v) is 17.1. The van der Waals surface area contributed by atoms with E-state index in [1.807, 2.05) is 54.8 Å². The number of ether oxygens (including phenoxy) is 1. The van der Waals surface area contributed by atoms with Crippen molar-refractivity contribution in [3.63, 3.8) is 0 Å². The standard InChI is InChI=1S/C23H20N2O4S/c1-2-28-17-12-10-15(11-13-17)24-22(26)19-20(18-9-6-14-30-18)25(29-21(19)23(24)27)16-7-4-3-5-8-16/h3-14,19-21H,2H2,1H3/t19-,20+,21-/m1/s1. The minimum absolute atomic E-state index is 0.244. The fourth-order valence-corrected chi connectivity index (χ4v) is 4.93. The molecular formula is C23H20N2O4S. The lowest BCUT2D eigenvalue weighted by Gasteiger charge is -2.27. The number of para-hydroxylation sites is 1. The molecule has 5 rings (SSSR count). The van der Waals surface area contributed by atoms with Gasteiger partial charge in [0.05, 0.1) is 18.0 Å². The predicted octanol–water partition coefficient (Wildman–Crippen LogP) is 4.20. The van der Waals surface area contributed by atoms with Gasteiger partial charge in [-0.15, -0.1) is 11.3 Å². The van der Waals surface area contributed by atoms with Gasteiger partial charge >= 0.3 is 0 Å². The number of fused-ring (bicyclic) bond motifs is 1. The Morgan fingerprint density at radius 3 is 2.37 bits per heavy atom. The lowest BCUT2D eigenvalue weighted by atomic mass is 9.95. The number of hydrogen-bond donors (Lipinski definition) is 0. The summed E-state index contributed by atoms with van der Waals surface area (Å²) >= 11 is 1.56. The van der Waals surface area contributed by atoms with Crippen LogP contribution in [0.4, 0.5) is 11.4 Å². The highest BCUT2D eigenvalue weighted by atomic mass is 32.1. The Hall–Kier alpha value is -3.16. The SMILES string of the molecule is CCOc1ccc(N2C(=O)[C@H]3[C@@H](ON(c4ccccc4)[C@H]3c3cccs3)C2=O)cc1. The van der Waals surface area contributed by atoms with E-state index in [0.29, 0.717) is 18.0 Å². The van der Waals surface area contributed by atoms with Crippen LogP contribution >= 0.6 is 11.3 Å². The molecule has 2 saturated heterocycles. The molecule has 2 fully saturated rings. The highest BCUT2D eigenvalue weighted by Crippen LogP contribution is 2.48. The largest absolute Gasteiger partial charge is 0.494 e. The molecule has 3 heterocycles. The Labute approximate surface area is 178 Å². The van der Waals surface area contributed by atoms with Crippen molar-refractivity contribution in [1.82, 2.24) is 0 Å². The first-order valence-corrected chi connectivity index (χ1v) is 10.7. The monoisotopic (exact) mass is 420 g/mol. The molecule has 0 N–H and O–H groups in total. The average molecular weight is 420 g/mol. The number of anilines is 2. The van der Waals surface area contributed by atoms with Gasteiger partial charge in [-0.3, -0.25) is 14.4 Å². The molecule has 2 aliphatic heterocycles. The molecule has 2 aliphatic rings. The maximum Gasteiger partial charge on any atom is 0.266 e. The quantitative estimate of drug-likeness (QED) is 0.579. The molecule has 6 nitrogen and oxygen atoms in total. The second-order valence-corrected chi connectivity index (χ2v) is 8.09. The van der Waals surface area contributed by atoms with E-state index in [2.05, 4.69) is 0 Å². The summed E-state index contributed by atoms with van der Waals surface area (Å²) in [5.41, 5.74) is 1.35. The Bertz CT molecular complexity index is 1050. The molecule has 2 aromatic carbocycles. The van der Waals surface area contributed by atoms with Crippen molar-refractivity contribution in [1.29, 1.82) is 0 Å². The van der Waals surface area contributed by atoms with E-state index in [1.165, 1.54) is 4.90 Å². The van der Waals surface area contributed by atoms with Crippen LogP contribution in [0.1, 0.15) is 17.8 Å². The van der Waals surface area contributed by atoms with E-state index >= 15 is 0 Å². The summed E-state index contributed by atoms with van der Waals surface area (Å²) in [5, 5.41) is 3.68. The first-order chi connectivity index (χ1) is 14.7. The molecule has 0 unspecified atom stereocenters. The average Bonchev–Trinajstić information content (AvgIpc) is 3.48. The third kappa shape index (κ3) is 2.98. The van der Waals surface area contributed by atoms with Crippen molar-refractivity contribution < 1.29 is 19.2 Å². The fourth-order valence-electron chi connectivity index (χ4n) is 4.07. The van der Waals surface area contributed by atoms with E-state index in [0.717, 1.165) is 10.6 Å². The Morgan fingerprint density at radius 2 is 1.70 bits per heavy atom. The summed E-state index contributed by atoms with van der Waals surface area (Å²) in [5.74, 6) is -0.494. The Morgan fingerprint density at radius 1 is 0.933 bits per heavy atom. The van der Waals surface area contributed by atoms with Gasteiger partial charge in [0, 0.05) is 4.88 Å². The number of amides is 2. The summed E-state index contributed by atoms with van der Waals surface area (Å²) in [4.78, 5) is 35.0. The number of carbonyl (C=O) groups excluding carboxylic acids is 2. The Balaban J connectivity index is 1.51. The number of carbonyl (C=O) groups is 2. The third-order valence-electron chi connectivity index (χ3n) is 5.37. The lowest BCUT2D eigenvalue weighted by molar-refractivity contribution is -0.126. The van der Waals surface area contributed by atoms with Crippen LogP contribution in [-0.4, -0.2) is 24.5 Å². The summed E-state index contributed by atoms with van der Waals surface area (Å²) in [6.45, 7) is 2.46. The summed E-state index contributed by atoms with van der Waals surface area (Å²) in [6.07, 6.45) is -0.851. The second-order valence-electron chi connectivity index (χ2n) is 7.11. The highest BCUT2D eigenvalue weighted by molar-refractivity contribution is 7.10. The summed E-state index contributed by atoms with van der Waals surface area (Å²) < 4.78 is 5.46.